The third-order valence-electron chi connectivity index (χ3n) is 4.66. The molecule has 0 unspecified atom stereocenters. The number of carbonyl (C=O) groups excluding carboxylic acids is 2. The van der Waals surface area contributed by atoms with Crippen LogP contribution in [0.1, 0.15) is 58.9 Å². The second-order valence-electron chi connectivity index (χ2n) is 6.68. The fourth-order valence-corrected chi connectivity index (χ4v) is 6.07. The summed E-state index contributed by atoms with van der Waals surface area (Å²) in [6, 6.07) is 7.62. The minimum atomic E-state index is -0.966. The predicted molar refractivity (Wildman–Crippen MR) is 112 cm³/mol. The van der Waals surface area contributed by atoms with Crippen LogP contribution in [0.3, 0.4) is 0 Å². The summed E-state index contributed by atoms with van der Waals surface area (Å²) in [6.07, 6.45) is 4.64. The van der Waals surface area contributed by atoms with Gasteiger partial charge in [0.05, 0.1) is 0 Å². The molecule has 0 radical (unpaired) electrons. The van der Waals surface area contributed by atoms with Crippen molar-refractivity contribution < 1.29 is 23.8 Å². The zero-order valence-electron chi connectivity index (χ0n) is 17.8. The first-order chi connectivity index (χ1) is 13.4. The molecule has 1 aromatic rings. The van der Waals surface area contributed by atoms with Crippen molar-refractivity contribution in [2.45, 2.75) is 63.0 Å². The summed E-state index contributed by atoms with van der Waals surface area (Å²) in [7, 11) is 1.62. The molecule has 5 nitrogen and oxygen atoms in total. The van der Waals surface area contributed by atoms with Gasteiger partial charge in [0.2, 0.25) is 0 Å². The quantitative estimate of drug-likeness (QED) is 0.191. The van der Waals surface area contributed by atoms with E-state index in [1.807, 2.05) is 31.2 Å². The Morgan fingerprint density at radius 1 is 0.964 bits per heavy atom. The molecule has 0 aromatic heterocycles. The number of methoxy groups -OCH3 is 1. The number of rotatable bonds is 13. The van der Waals surface area contributed by atoms with E-state index in [4.69, 9.17) is 14.2 Å². The average molecular weight is 457 g/mol. The zero-order valence-corrected chi connectivity index (χ0v) is 19.5. The summed E-state index contributed by atoms with van der Waals surface area (Å²) in [4.78, 5) is 25.6. The van der Waals surface area contributed by atoms with Crippen molar-refractivity contribution in [2.24, 2.45) is 5.92 Å². The van der Waals surface area contributed by atoms with Crippen LogP contribution in [0.15, 0.2) is 24.3 Å². The van der Waals surface area contributed by atoms with Gasteiger partial charge in [-0.05, 0) is 0 Å². The third kappa shape index (κ3) is 6.82. The first-order valence-corrected chi connectivity index (χ1v) is 12.1. The van der Waals surface area contributed by atoms with E-state index < -0.39 is 22.2 Å². The van der Waals surface area contributed by atoms with E-state index in [1.165, 1.54) is 19.3 Å². The van der Waals surface area contributed by atoms with E-state index in [1.54, 1.807) is 21.0 Å². The molecule has 0 amide bonds. The van der Waals surface area contributed by atoms with Gasteiger partial charge in [0.1, 0.15) is 0 Å². The Morgan fingerprint density at radius 3 is 2.00 bits per heavy atom. The monoisotopic (exact) mass is 458 g/mol. The van der Waals surface area contributed by atoms with E-state index in [0.717, 1.165) is 23.1 Å². The first-order valence-electron chi connectivity index (χ1n) is 10.1. The summed E-state index contributed by atoms with van der Waals surface area (Å²) in [5, 5.41) is 0.991. The van der Waals surface area contributed by atoms with Crippen molar-refractivity contribution in [3.63, 3.8) is 0 Å². The molecule has 0 saturated heterocycles. The van der Waals surface area contributed by atoms with Crippen molar-refractivity contribution >= 4 is 26.9 Å². The number of carbonyl (C=O) groups is 2. The zero-order chi connectivity index (χ0) is 21.0. The van der Waals surface area contributed by atoms with Gasteiger partial charge < -0.3 is 0 Å². The van der Waals surface area contributed by atoms with Crippen LogP contribution >= 0.6 is 0 Å². The molecule has 1 atom stereocenters. The van der Waals surface area contributed by atoms with Crippen molar-refractivity contribution in [2.75, 3.05) is 20.3 Å². The number of hydrogen-bond donors (Lipinski definition) is 0. The molecule has 0 bridgehead atoms. The van der Waals surface area contributed by atoms with Crippen LogP contribution in [0.5, 0.6) is 5.75 Å². The van der Waals surface area contributed by atoms with Crippen LogP contribution in [0.4, 0.5) is 0 Å². The molecule has 0 saturated carbocycles. The van der Waals surface area contributed by atoms with Crippen LogP contribution in [0, 0.1) is 5.92 Å². The number of unbranched alkanes of at least 4 members (excludes halogenated alkanes) is 3. The molecule has 6 heteroatoms. The summed E-state index contributed by atoms with van der Waals surface area (Å²) >= 11 is 0.0134. The summed E-state index contributed by atoms with van der Waals surface area (Å²) in [5.74, 6) is -1.23. The van der Waals surface area contributed by atoms with Gasteiger partial charge in [-0.3, -0.25) is 0 Å². The molecule has 0 heterocycles. The standard InChI is InChI=1S/C22H34O5Se/c1-6-9-10-11-16-28-22(4,17-12-14-18(25-5)15-13-17)19(20(23)26-7-2)21(24)27-8-3/h12-15,19H,6-11,16H2,1-5H3/t22-/m0/s1. The molecule has 0 aliphatic rings. The van der Waals surface area contributed by atoms with Gasteiger partial charge in [0.25, 0.3) is 0 Å². The van der Waals surface area contributed by atoms with Crippen molar-refractivity contribution in [1.29, 1.82) is 0 Å². The molecular formula is C22H34O5Se. The van der Waals surface area contributed by atoms with Gasteiger partial charge in [-0.2, -0.15) is 0 Å². The van der Waals surface area contributed by atoms with Crippen LogP contribution in [-0.2, 0) is 23.4 Å². The average Bonchev–Trinajstić information content (AvgIpc) is 2.68. The number of benzene rings is 1. The maximum atomic E-state index is 12.8. The van der Waals surface area contributed by atoms with Gasteiger partial charge >= 0.3 is 176 Å². The first kappa shape index (κ1) is 24.5. The Bertz CT molecular complexity index is 583. The van der Waals surface area contributed by atoms with Crippen molar-refractivity contribution in [3.8, 4) is 5.75 Å². The van der Waals surface area contributed by atoms with Crippen molar-refractivity contribution in [3.05, 3.63) is 29.8 Å². The van der Waals surface area contributed by atoms with Crippen LogP contribution in [-0.4, -0.2) is 47.2 Å². The topological polar surface area (TPSA) is 61.8 Å². The molecular weight excluding hydrogens is 423 g/mol. The van der Waals surface area contributed by atoms with Gasteiger partial charge in [0, 0.05) is 0 Å². The Hall–Kier alpha value is -1.52. The fourth-order valence-electron chi connectivity index (χ4n) is 3.07. The van der Waals surface area contributed by atoms with E-state index in [-0.39, 0.29) is 28.2 Å². The van der Waals surface area contributed by atoms with Gasteiger partial charge in [-0.1, -0.05) is 0 Å². The second kappa shape index (κ2) is 12.8. The van der Waals surface area contributed by atoms with Crippen LogP contribution < -0.4 is 4.74 Å². The van der Waals surface area contributed by atoms with Gasteiger partial charge in [-0.25, -0.2) is 0 Å². The predicted octanol–water partition coefficient (Wildman–Crippen LogP) is 4.36. The molecule has 0 spiro atoms. The van der Waals surface area contributed by atoms with Crippen molar-refractivity contribution in [1.82, 2.24) is 0 Å². The molecule has 28 heavy (non-hydrogen) atoms. The van der Waals surface area contributed by atoms with E-state index in [9.17, 15) is 9.59 Å². The maximum absolute atomic E-state index is 12.8. The van der Waals surface area contributed by atoms with Gasteiger partial charge in [0.15, 0.2) is 0 Å². The molecule has 1 aromatic carbocycles. The molecule has 0 fully saturated rings. The Balaban J connectivity index is 3.25. The van der Waals surface area contributed by atoms with E-state index >= 15 is 0 Å². The molecule has 0 aliphatic heterocycles. The summed E-state index contributed by atoms with van der Waals surface area (Å²) in [5.41, 5.74) is 0.940. The molecule has 1 rings (SSSR count). The summed E-state index contributed by atoms with van der Waals surface area (Å²) in [6.45, 7) is 8.15. The Morgan fingerprint density at radius 2 is 1.54 bits per heavy atom. The van der Waals surface area contributed by atoms with E-state index in [0.29, 0.717) is 0 Å². The Labute approximate surface area is 175 Å². The van der Waals surface area contributed by atoms with Crippen LogP contribution in [0.25, 0.3) is 0 Å². The second-order valence-corrected chi connectivity index (χ2v) is 9.92. The minimum absolute atomic E-state index is 0.0134. The van der Waals surface area contributed by atoms with E-state index in [2.05, 4.69) is 6.92 Å². The van der Waals surface area contributed by atoms with Gasteiger partial charge in [-0.15, -0.1) is 0 Å². The number of esters is 2. The van der Waals surface area contributed by atoms with Crippen LogP contribution in [0.2, 0.25) is 5.32 Å². The third-order valence-corrected chi connectivity index (χ3v) is 7.94. The molecule has 0 N–H and O–H groups in total. The fraction of sp³-hybridized carbons (Fsp3) is 0.636. The SMILES string of the molecule is CCCCCC[Se][C@@](C)(c1ccc(OC)cc1)C(C(=O)OCC)C(=O)OCC. The summed E-state index contributed by atoms with van der Waals surface area (Å²) < 4.78 is 15.2. The molecule has 0 aliphatic carbocycles. The number of ether oxygens (including phenoxy) is 3. The number of hydrogen-bond acceptors (Lipinski definition) is 5. The molecule has 158 valence electrons. The Kier molecular flexibility index (Phi) is 11.2. The normalized spacial score (nSPS) is 13.1.